The van der Waals surface area contributed by atoms with Crippen LogP contribution in [0.15, 0.2) is 12.7 Å². The Balaban J connectivity index is 2.19. The number of halogens is 1. The lowest BCUT2D eigenvalue weighted by Crippen LogP contribution is -2.26. The van der Waals surface area contributed by atoms with Crippen LogP contribution < -0.4 is 5.32 Å². The molecule has 0 spiro atoms. The van der Waals surface area contributed by atoms with Crippen molar-refractivity contribution in [2.45, 2.75) is 25.8 Å². The Kier molecular flexibility index (Phi) is 5.19. The summed E-state index contributed by atoms with van der Waals surface area (Å²) in [6.07, 6.45) is 4.86. The summed E-state index contributed by atoms with van der Waals surface area (Å²) in [7, 11) is 1.66. The Labute approximate surface area is 121 Å². The molecule has 20 heavy (non-hydrogen) atoms. The van der Waals surface area contributed by atoms with Gasteiger partial charge in [-0.15, -0.1) is 0 Å². The van der Waals surface area contributed by atoms with Crippen LogP contribution in [0, 0.1) is 0 Å². The summed E-state index contributed by atoms with van der Waals surface area (Å²) in [5, 5.41) is 7.25. The average Bonchev–Trinajstić information content (AvgIpc) is 2.92. The molecule has 1 unspecified atom stereocenters. The maximum atomic E-state index is 5.91. The molecule has 0 fully saturated rings. The Morgan fingerprint density at radius 1 is 1.40 bits per heavy atom. The predicted molar refractivity (Wildman–Crippen MR) is 73.9 cm³/mol. The zero-order valence-corrected chi connectivity index (χ0v) is 12.1. The van der Waals surface area contributed by atoms with Crippen LogP contribution in [0.3, 0.4) is 0 Å². The number of rotatable bonds is 7. The minimum absolute atomic E-state index is 0.0978. The molecular weight excluding hydrogens is 282 g/mol. The summed E-state index contributed by atoms with van der Waals surface area (Å²) in [6.45, 7) is 2.67. The molecule has 2 aromatic heterocycles. The Morgan fingerprint density at radius 3 is 2.90 bits per heavy atom. The second-order valence-corrected chi connectivity index (χ2v) is 4.49. The first-order chi connectivity index (χ1) is 9.72. The van der Waals surface area contributed by atoms with Gasteiger partial charge < -0.3 is 10.1 Å². The van der Waals surface area contributed by atoms with Gasteiger partial charge in [-0.25, -0.2) is 4.98 Å². The molecule has 0 radical (unpaired) electrons. The summed E-state index contributed by atoms with van der Waals surface area (Å²) >= 11 is 5.91. The largest absolute Gasteiger partial charge is 0.383 e. The lowest BCUT2D eigenvalue weighted by Gasteiger charge is -2.17. The molecule has 2 aromatic rings. The van der Waals surface area contributed by atoms with Gasteiger partial charge in [0.1, 0.15) is 12.7 Å². The van der Waals surface area contributed by atoms with Crippen LogP contribution in [0.25, 0.3) is 5.95 Å². The number of ether oxygens (including phenoxy) is 1. The van der Waals surface area contributed by atoms with Crippen molar-refractivity contribution in [3.8, 4) is 5.95 Å². The van der Waals surface area contributed by atoms with Crippen molar-refractivity contribution in [3.05, 3.63) is 17.9 Å². The first-order valence-corrected chi connectivity index (χ1v) is 6.62. The van der Waals surface area contributed by atoms with E-state index in [0.29, 0.717) is 18.5 Å². The van der Waals surface area contributed by atoms with Crippen molar-refractivity contribution >= 4 is 17.5 Å². The number of methoxy groups -OCH3 is 1. The minimum Gasteiger partial charge on any atom is -0.383 e. The third-order valence-corrected chi connectivity index (χ3v) is 2.73. The van der Waals surface area contributed by atoms with Crippen LogP contribution in [0.4, 0.5) is 5.95 Å². The molecule has 1 N–H and O–H groups in total. The molecule has 9 heteroatoms. The van der Waals surface area contributed by atoms with Crippen molar-refractivity contribution in [2.75, 3.05) is 19.0 Å². The van der Waals surface area contributed by atoms with Crippen LogP contribution in [-0.2, 0) is 4.74 Å². The molecule has 0 aromatic carbocycles. The highest BCUT2D eigenvalue weighted by Gasteiger charge is 2.12. The summed E-state index contributed by atoms with van der Waals surface area (Å²) in [4.78, 5) is 16.2. The molecule has 0 aliphatic rings. The zero-order chi connectivity index (χ0) is 14.4. The van der Waals surface area contributed by atoms with Gasteiger partial charge in [0.25, 0.3) is 5.95 Å². The zero-order valence-electron chi connectivity index (χ0n) is 11.3. The molecule has 0 aliphatic heterocycles. The number of nitrogens with zero attached hydrogens (tertiary/aromatic N) is 6. The lowest BCUT2D eigenvalue weighted by atomic mass is 10.2. The number of hydrogen-bond acceptors (Lipinski definition) is 7. The quantitative estimate of drug-likeness (QED) is 0.824. The third-order valence-electron chi connectivity index (χ3n) is 2.56. The van der Waals surface area contributed by atoms with E-state index in [0.717, 1.165) is 12.8 Å². The van der Waals surface area contributed by atoms with E-state index in [-0.39, 0.29) is 11.3 Å². The van der Waals surface area contributed by atoms with Crippen molar-refractivity contribution in [2.24, 2.45) is 0 Å². The minimum atomic E-state index is 0.0978. The van der Waals surface area contributed by atoms with Crippen molar-refractivity contribution < 1.29 is 4.74 Å². The highest BCUT2D eigenvalue weighted by Crippen LogP contribution is 2.11. The van der Waals surface area contributed by atoms with E-state index < -0.39 is 0 Å². The van der Waals surface area contributed by atoms with Gasteiger partial charge in [-0.3, -0.25) is 0 Å². The standard InChI is InChI=1S/C11H16ClN7O/c1-3-4-8(5-20-2)15-10-16-9(12)17-11(18-10)19-7-13-6-14-19/h6-8H,3-5H2,1-2H3,(H,15,16,17,18). The molecule has 0 saturated carbocycles. The van der Waals surface area contributed by atoms with Gasteiger partial charge in [0, 0.05) is 7.11 Å². The first-order valence-electron chi connectivity index (χ1n) is 6.25. The molecule has 2 rings (SSSR count). The highest BCUT2D eigenvalue weighted by atomic mass is 35.5. The Morgan fingerprint density at radius 2 is 2.25 bits per heavy atom. The molecule has 8 nitrogen and oxygen atoms in total. The van der Waals surface area contributed by atoms with E-state index in [4.69, 9.17) is 16.3 Å². The van der Waals surface area contributed by atoms with Crippen LogP contribution >= 0.6 is 11.6 Å². The number of anilines is 1. The first kappa shape index (κ1) is 14.6. The fourth-order valence-corrected chi connectivity index (χ4v) is 1.90. The smallest absolute Gasteiger partial charge is 0.258 e. The van der Waals surface area contributed by atoms with Crippen LogP contribution in [0.2, 0.25) is 5.28 Å². The van der Waals surface area contributed by atoms with Crippen LogP contribution in [-0.4, -0.2) is 49.5 Å². The second-order valence-electron chi connectivity index (χ2n) is 4.15. The SMILES string of the molecule is CCCC(COC)Nc1nc(Cl)nc(-n2cncn2)n1. The maximum absolute atomic E-state index is 5.91. The molecular formula is C11H16ClN7O. The number of nitrogens with one attached hydrogen (secondary N) is 1. The average molecular weight is 298 g/mol. The van der Waals surface area contributed by atoms with Gasteiger partial charge in [-0.05, 0) is 18.0 Å². The van der Waals surface area contributed by atoms with E-state index in [1.54, 1.807) is 7.11 Å². The monoisotopic (exact) mass is 297 g/mol. The van der Waals surface area contributed by atoms with Gasteiger partial charge in [-0.2, -0.15) is 24.7 Å². The number of hydrogen-bond donors (Lipinski definition) is 1. The highest BCUT2D eigenvalue weighted by molar-refractivity contribution is 6.28. The molecule has 0 aliphatic carbocycles. The van der Waals surface area contributed by atoms with Gasteiger partial charge in [0.2, 0.25) is 11.2 Å². The topological polar surface area (TPSA) is 90.6 Å². The van der Waals surface area contributed by atoms with E-state index in [2.05, 4.69) is 37.3 Å². The van der Waals surface area contributed by atoms with E-state index in [1.807, 2.05) is 0 Å². The van der Waals surface area contributed by atoms with Gasteiger partial charge >= 0.3 is 0 Å². The molecule has 2 heterocycles. The fraction of sp³-hybridized carbons (Fsp3) is 0.545. The van der Waals surface area contributed by atoms with Crippen LogP contribution in [0.5, 0.6) is 0 Å². The van der Waals surface area contributed by atoms with Crippen LogP contribution in [0.1, 0.15) is 19.8 Å². The van der Waals surface area contributed by atoms with Gasteiger partial charge in [-0.1, -0.05) is 13.3 Å². The fourth-order valence-electron chi connectivity index (χ4n) is 1.75. The predicted octanol–water partition coefficient (Wildman–Crippen LogP) is 1.33. The lowest BCUT2D eigenvalue weighted by molar-refractivity contribution is 0.182. The summed E-state index contributed by atoms with van der Waals surface area (Å²) < 4.78 is 6.59. The van der Waals surface area contributed by atoms with E-state index in [9.17, 15) is 0 Å². The molecule has 0 saturated heterocycles. The molecule has 1 atom stereocenters. The molecule has 108 valence electrons. The second kappa shape index (κ2) is 7.11. The van der Waals surface area contributed by atoms with Gasteiger partial charge in [0.05, 0.1) is 12.6 Å². The summed E-state index contributed by atoms with van der Waals surface area (Å²) in [5.41, 5.74) is 0. The normalized spacial score (nSPS) is 12.3. The third kappa shape index (κ3) is 3.84. The van der Waals surface area contributed by atoms with Crippen molar-refractivity contribution in [1.29, 1.82) is 0 Å². The van der Waals surface area contributed by atoms with Crippen molar-refractivity contribution in [3.63, 3.8) is 0 Å². The number of aromatic nitrogens is 6. The molecule has 0 amide bonds. The Bertz CT molecular complexity index is 528. The van der Waals surface area contributed by atoms with E-state index in [1.165, 1.54) is 17.3 Å². The summed E-state index contributed by atoms with van der Waals surface area (Å²) in [5.74, 6) is 0.712. The summed E-state index contributed by atoms with van der Waals surface area (Å²) in [6, 6.07) is 0.118. The Hall–Kier alpha value is -1.80. The maximum Gasteiger partial charge on any atom is 0.258 e. The molecule has 0 bridgehead atoms. The van der Waals surface area contributed by atoms with E-state index >= 15 is 0 Å². The van der Waals surface area contributed by atoms with Gasteiger partial charge in [0.15, 0.2) is 0 Å². The van der Waals surface area contributed by atoms with Crippen molar-refractivity contribution in [1.82, 2.24) is 29.7 Å².